The highest BCUT2D eigenvalue weighted by atomic mass is 32.2. The highest BCUT2D eigenvalue weighted by Crippen LogP contribution is 2.24. The summed E-state index contributed by atoms with van der Waals surface area (Å²) in [6.07, 6.45) is 0. The third-order valence-electron chi connectivity index (χ3n) is 5.57. The number of para-hydroxylation sites is 1. The summed E-state index contributed by atoms with van der Waals surface area (Å²) in [4.78, 5) is 17.8. The molecule has 0 saturated heterocycles. The van der Waals surface area contributed by atoms with Gasteiger partial charge < -0.3 is 4.57 Å². The molecule has 8 heteroatoms. The van der Waals surface area contributed by atoms with E-state index in [1.165, 1.54) is 52.5 Å². The number of carbonyl (C=O) groups is 1. The molecule has 164 valence electrons. The largest absolute Gasteiger partial charge is 0.319 e. The molecule has 32 heavy (non-hydrogen) atoms. The molecule has 6 nitrogen and oxygen atoms in total. The van der Waals surface area contributed by atoms with Crippen LogP contribution in [0.3, 0.4) is 0 Å². The Balaban J connectivity index is 1.65. The quantitative estimate of drug-likeness (QED) is 0.448. The minimum absolute atomic E-state index is 0.110. The summed E-state index contributed by atoms with van der Waals surface area (Å²) >= 11 is 1.45. The summed E-state index contributed by atoms with van der Waals surface area (Å²) in [6.45, 7) is 4.11. The Kier molecular flexibility index (Phi) is 5.75. The second kappa shape index (κ2) is 8.37. The highest BCUT2D eigenvalue weighted by molar-refractivity contribution is 7.92. The molecule has 0 aliphatic heterocycles. The van der Waals surface area contributed by atoms with Crippen LogP contribution in [0.5, 0.6) is 0 Å². The second-order valence-corrected chi connectivity index (χ2v) is 10.5. The maximum absolute atomic E-state index is 12.9. The molecule has 4 aromatic rings. The number of hydrogen-bond acceptors (Lipinski definition) is 4. The Morgan fingerprint density at radius 2 is 1.62 bits per heavy atom. The lowest BCUT2D eigenvalue weighted by Crippen LogP contribution is -2.26. The predicted molar refractivity (Wildman–Crippen MR) is 129 cm³/mol. The van der Waals surface area contributed by atoms with E-state index in [4.69, 9.17) is 0 Å². The van der Waals surface area contributed by atoms with E-state index in [9.17, 15) is 13.2 Å². The van der Waals surface area contributed by atoms with Crippen molar-refractivity contribution in [2.75, 3.05) is 11.4 Å². The van der Waals surface area contributed by atoms with Crippen LogP contribution in [-0.2, 0) is 17.1 Å². The van der Waals surface area contributed by atoms with E-state index in [1.807, 2.05) is 23.7 Å². The van der Waals surface area contributed by atoms with Crippen molar-refractivity contribution in [1.29, 1.82) is 0 Å². The monoisotopic (exact) mass is 465 g/mol. The van der Waals surface area contributed by atoms with Gasteiger partial charge in [0.25, 0.3) is 15.9 Å². The van der Waals surface area contributed by atoms with Gasteiger partial charge in [0.1, 0.15) is 0 Å². The summed E-state index contributed by atoms with van der Waals surface area (Å²) in [5, 5.41) is 0. The number of anilines is 1. The average Bonchev–Trinajstić information content (AvgIpc) is 3.12. The molecule has 1 heterocycles. The third-order valence-corrected chi connectivity index (χ3v) is 8.46. The van der Waals surface area contributed by atoms with Crippen molar-refractivity contribution in [1.82, 2.24) is 4.57 Å². The fourth-order valence-electron chi connectivity index (χ4n) is 3.49. The molecule has 0 unspecified atom stereocenters. The van der Waals surface area contributed by atoms with Gasteiger partial charge in [0.05, 0.1) is 20.8 Å². The van der Waals surface area contributed by atoms with Crippen molar-refractivity contribution in [3.05, 3.63) is 88.2 Å². The lowest BCUT2D eigenvalue weighted by molar-refractivity contribution is 0.0998. The zero-order valence-electron chi connectivity index (χ0n) is 18.2. The van der Waals surface area contributed by atoms with Crippen molar-refractivity contribution >= 4 is 43.2 Å². The van der Waals surface area contributed by atoms with Gasteiger partial charge in [-0.2, -0.15) is 4.99 Å². The number of aryl methyl sites for hydroxylation is 3. The smallest absolute Gasteiger partial charge is 0.279 e. The van der Waals surface area contributed by atoms with Gasteiger partial charge in [-0.05, 0) is 67.4 Å². The minimum Gasteiger partial charge on any atom is -0.319 e. The summed E-state index contributed by atoms with van der Waals surface area (Å²) in [5.41, 5.74) is 4.29. The number of hydrogen-bond donors (Lipinski definition) is 0. The summed E-state index contributed by atoms with van der Waals surface area (Å²) < 4.78 is 30.1. The molecule has 4 rings (SSSR count). The number of aromatic nitrogens is 1. The van der Waals surface area contributed by atoms with Crippen molar-refractivity contribution in [2.24, 2.45) is 12.0 Å². The Hall–Kier alpha value is -3.23. The van der Waals surface area contributed by atoms with Gasteiger partial charge in [-0.25, -0.2) is 8.42 Å². The van der Waals surface area contributed by atoms with E-state index >= 15 is 0 Å². The van der Waals surface area contributed by atoms with E-state index in [0.29, 0.717) is 16.1 Å². The molecule has 0 aliphatic carbocycles. The van der Waals surface area contributed by atoms with Gasteiger partial charge in [0, 0.05) is 19.7 Å². The Morgan fingerprint density at radius 1 is 0.969 bits per heavy atom. The fourth-order valence-corrected chi connectivity index (χ4v) is 5.76. The zero-order chi connectivity index (χ0) is 23.0. The maximum Gasteiger partial charge on any atom is 0.279 e. The number of sulfonamides is 1. The standard InChI is InChI=1S/C24H23N3O3S2/c1-16-10-15-21-22(17(16)2)26(3)24(31-21)25-23(28)18-11-13-20(14-12-18)32(29,30)27(4)19-8-6-5-7-9-19/h5-15H,1-4H3. The van der Waals surface area contributed by atoms with Crippen molar-refractivity contribution in [3.8, 4) is 0 Å². The molecule has 1 amide bonds. The third kappa shape index (κ3) is 3.87. The molecule has 0 bridgehead atoms. The minimum atomic E-state index is -3.74. The van der Waals surface area contributed by atoms with Crippen molar-refractivity contribution in [2.45, 2.75) is 18.7 Å². The number of amides is 1. The first-order chi connectivity index (χ1) is 15.2. The van der Waals surface area contributed by atoms with Gasteiger partial charge in [0.15, 0.2) is 4.80 Å². The Labute approximate surface area is 191 Å². The van der Waals surface area contributed by atoms with Crippen LogP contribution in [0.2, 0.25) is 0 Å². The molecule has 0 spiro atoms. The number of rotatable bonds is 4. The Bertz CT molecular complexity index is 1480. The summed E-state index contributed by atoms with van der Waals surface area (Å²) in [5.74, 6) is -0.415. The maximum atomic E-state index is 12.9. The van der Waals surface area contributed by atoms with Gasteiger partial charge >= 0.3 is 0 Å². The lowest BCUT2D eigenvalue weighted by Gasteiger charge is -2.19. The Morgan fingerprint density at radius 3 is 2.28 bits per heavy atom. The molecular weight excluding hydrogens is 442 g/mol. The predicted octanol–water partition coefficient (Wildman–Crippen LogP) is 4.42. The number of fused-ring (bicyclic) bond motifs is 1. The van der Waals surface area contributed by atoms with E-state index in [1.54, 1.807) is 24.3 Å². The SMILES string of the molecule is Cc1ccc2sc(=NC(=O)c3ccc(S(=O)(=O)N(C)c4ccccc4)cc3)n(C)c2c1C. The number of benzene rings is 3. The van der Waals surface area contributed by atoms with Crippen LogP contribution in [0.25, 0.3) is 10.2 Å². The molecule has 0 fully saturated rings. The fraction of sp³-hybridized carbons (Fsp3) is 0.167. The second-order valence-electron chi connectivity index (χ2n) is 7.55. The topological polar surface area (TPSA) is 71.7 Å². The van der Waals surface area contributed by atoms with Crippen molar-refractivity contribution < 1.29 is 13.2 Å². The van der Waals surface area contributed by atoms with Crippen LogP contribution in [0.4, 0.5) is 5.69 Å². The van der Waals surface area contributed by atoms with Gasteiger partial charge in [-0.1, -0.05) is 35.6 Å². The normalized spacial score (nSPS) is 12.3. The van der Waals surface area contributed by atoms with Crippen molar-refractivity contribution in [3.63, 3.8) is 0 Å². The first-order valence-corrected chi connectivity index (χ1v) is 12.2. The molecule has 3 aromatic carbocycles. The molecular formula is C24H23N3O3S2. The van der Waals surface area contributed by atoms with Crippen LogP contribution < -0.4 is 9.11 Å². The van der Waals surface area contributed by atoms with E-state index in [2.05, 4.69) is 24.9 Å². The van der Waals surface area contributed by atoms with E-state index in [0.717, 1.165) is 15.8 Å². The van der Waals surface area contributed by atoms with Crippen LogP contribution in [0, 0.1) is 13.8 Å². The first-order valence-electron chi connectivity index (χ1n) is 9.99. The molecule has 0 N–H and O–H groups in total. The van der Waals surface area contributed by atoms with Crippen LogP contribution in [-0.4, -0.2) is 25.9 Å². The zero-order valence-corrected chi connectivity index (χ0v) is 19.9. The molecule has 0 saturated carbocycles. The summed E-state index contributed by atoms with van der Waals surface area (Å²) in [7, 11) is -0.337. The van der Waals surface area contributed by atoms with Crippen LogP contribution >= 0.6 is 11.3 Å². The highest BCUT2D eigenvalue weighted by Gasteiger charge is 2.21. The van der Waals surface area contributed by atoms with Crippen LogP contribution in [0.1, 0.15) is 21.5 Å². The van der Waals surface area contributed by atoms with Gasteiger partial charge in [0.2, 0.25) is 0 Å². The number of thiazole rings is 1. The number of nitrogens with zero attached hydrogens (tertiary/aromatic N) is 3. The average molecular weight is 466 g/mol. The molecule has 0 atom stereocenters. The molecule has 0 aliphatic rings. The van der Waals surface area contributed by atoms with Gasteiger partial charge in [-0.15, -0.1) is 0 Å². The molecule has 1 aromatic heterocycles. The summed E-state index contributed by atoms with van der Waals surface area (Å²) in [6, 6.07) is 18.8. The lowest BCUT2D eigenvalue weighted by atomic mass is 10.1. The first kappa shape index (κ1) is 22.0. The number of carbonyl (C=O) groups excluding carboxylic acids is 1. The van der Waals surface area contributed by atoms with E-state index in [-0.39, 0.29) is 4.90 Å². The van der Waals surface area contributed by atoms with Gasteiger partial charge in [-0.3, -0.25) is 9.10 Å². The van der Waals surface area contributed by atoms with Crippen LogP contribution in [0.15, 0.2) is 76.6 Å². The van der Waals surface area contributed by atoms with E-state index < -0.39 is 15.9 Å². The molecule has 0 radical (unpaired) electrons.